The molecule has 2 aromatic rings. The molecular formula is C25H31FN4O. The summed E-state index contributed by atoms with van der Waals surface area (Å²) in [5, 5.41) is 6.73. The van der Waals surface area contributed by atoms with Crippen molar-refractivity contribution in [2.24, 2.45) is 4.99 Å². The predicted octanol–water partition coefficient (Wildman–Crippen LogP) is 3.85. The van der Waals surface area contributed by atoms with Crippen molar-refractivity contribution in [3.05, 3.63) is 71.0 Å². The van der Waals surface area contributed by atoms with Crippen LogP contribution < -0.4 is 10.6 Å². The fraction of sp³-hybridized carbons (Fsp3) is 0.440. The maximum atomic E-state index is 13.6. The lowest BCUT2D eigenvalue weighted by molar-refractivity contribution is 0.0724. The molecule has 164 valence electrons. The van der Waals surface area contributed by atoms with Crippen LogP contribution in [0.4, 0.5) is 4.39 Å². The van der Waals surface area contributed by atoms with Crippen LogP contribution in [0.15, 0.2) is 53.5 Å². The second-order valence-electron chi connectivity index (χ2n) is 8.62. The van der Waals surface area contributed by atoms with Crippen LogP contribution >= 0.6 is 0 Å². The van der Waals surface area contributed by atoms with Gasteiger partial charge in [0, 0.05) is 44.2 Å². The van der Waals surface area contributed by atoms with Gasteiger partial charge < -0.3 is 15.5 Å². The molecule has 1 saturated carbocycles. The zero-order chi connectivity index (χ0) is 21.7. The number of benzene rings is 2. The van der Waals surface area contributed by atoms with Crippen LogP contribution in [-0.4, -0.2) is 43.4 Å². The summed E-state index contributed by atoms with van der Waals surface area (Å²) in [7, 11) is 1.74. The van der Waals surface area contributed by atoms with Crippen LogP contribution in [0.2, 0.25) is 0 Å². The number of amides is 1. The molecule has 0 aromatic heterocycles. The molecule has 0 bridgehead atoms. The first-order valence-corrected chi connectivity index (χ1v) is 11.2. The Morgan fingerprint density at radius 3 is 2.55 bits per heavy atom. The fourth-order valence-corrected chi connectivity index (χ4v) is 4.29. The highest BCUT2D eigenvalue weighted by atomic mass is 19.1. The second kappa shape index (κ2) is 9.50. The predicted molar refractivity (Wildman–Crippen MR) is 122 cm³/mol. The first-order valence-electron chi connectivity index (χ1n) is 11.2. The lowest BCUT2D eigenvalue weighted by atomic mass is 9.96. The number of guanidine groups is 1. The van der Waals surface area contributed by atoms with Gasteiger partial charge in [-0.1, -0.05) is 24.3 Å². The maximum Gasteiger partial charge on any atom is 0.253 e. The monoisotopic (exact) mass is 422 g/mol. The highest BCUT2D eigenvalue weighted by Gasteiger charge is 2.44. The van der Waals surface area contributed by atoms with E-state index in [2.05, 4.69) is 15.6 Å². The number of carbonyl (C=O) groups excluding carboxylic acids is 1. The van der Waals surface area contributed by atoms with Crippen LogP contribution in [-0.2, 0) is 12.0 Å². The highest BCUT2D eigenvalue weighted by Crippen LogP contribution is 2.47. The number of likely N-dealkylation sites (tertiary alicyclic amines) is 1. The fourth-order valence-electron chi connectivity index (χ4n) is 4.29. The van der Waals surface area contributed by atoms with Crippen LogP contribution in [0.5, 0.6) is 0 Å². The summed E-state index contributed by atoms with van der Waals surface area (Å²) in [4.78, 5) is 19.0. The van der Waals surface area contributed by atoms with Gasteiger partial charge in [0.25, 0.3) is 5.91 Å². The third-order valence-corrected chi connectivity index (χ3v) is 6.39. The molecule has 0 spiro atoms. The third kappa shape index (κ3) is 5.24. The molecule has 1 amide bonds. The minimum atomic E-state index is -0.190. The molecule has 31 heavy (non-hydrogen) atoms. The topological polar surface area (TPSA) is 56.7 Å². The van der Waals surface area contributed by atoms with Gasteiger partial charge in [-0.25, -0.2) is 4.39 Å². The molecule has 1 heterocycles. The molecule has 2 aromatic carbocycles. The van der Waals surface area contributed by atoms with Crippen molar-refractivity contribution in [3.8, 4) is 0 Å². The Hall–Kier alpha value is -2.89. The van der Waals surface area contributed by atoms with E-state index < -0.39 is 0 Å². The number of halogens is 1. The Morgan fingerprint density at radius 1 is 1.06 bits per heavy atom. The minimum absolute atomic E-state index is 0.0134. The molecule has 2 fully saturated rings. The molecule has 2 N–H and O–H groups in total. The summed E-state index contributed by atoms with van der Waals surface area (Å²) in [5.41, 5.74) is 2.81. The van der Waals surface area contributed by atoms with Gasteiger partial charge in [0.05, 0.1) is 0 Å². The van der Waals surface area contributed by atoms with Gasteiger partial charge in [-0.15, -0.1) is 0 Å². The van der Waals surface area contributed by atoms with Crippen molar-refractivity contribution in [1.82, 2.24) is 15.5 Å². The molecule has 2 aliphatic rings. The first-order chi connectivity index (χ1) is 15.1. The zero-order valence-electron chi connectivity index (χ0n) is 18.2. The number of piperidine rings is 1. The number of rotatable bonds is 6. The Bertz CT molecular complexity index is 948. The number of nitrogens with one attached hydrogen (secondary N) is 2. The Labute approximate surface area is 183 Å². The molecule has 0 radical (unpaired) electrons. The summed E-state index contributed by atoms with van der Waals surface area (Å²) in [5.74, 6) is 0.635. The lowest BCUT2D eigenvalue weighted by Crippen LogP contribution is -2.41. The van der Waals surface area contributed by atoms with Crippen LogP contribution in [0.3, 0.4) is 0 Å². The summed E-state index contributed by atoms with van der Waals surface area (Å²) in [6.45, 7) is 2.99. The van der Waals surface area contributed by atoms with E-state index in [9.17, 15) is 9.18 Å². The van der Waals surface area contributed by atoms with E-state index in [0.29, 0.717) is 19.0 Å². The largest absolute Gasteiger partial charge is 0.356 e. The van der Waals surface area contributed by atoms with Gasteiger partial charge in [0.1, 0.15) is 5.82 Å². The number of hydrogen-bond donors (Lipinski definition) is 2. The second-order valence-corrected chi connectivity index (χ2v) is 8.62. The van der Waals surface area contributed by atoms with Crippen molar-refractivity contribution in [1.29, 1.82) is 0 Å². The van der Waals surface area contributed by atoms with Crippen molar-refractivity contribution >= 4 is 11.9 Å². The molecule has 5 nitrogen and oxygen atoms in total. The van der Waals surface area contributed by atoms with Crippen LogP contribution in [0.1, 0.15) is 53.6 Å². The molecule has 1 saturated heterocycles. The zero-order valence-corrected chi connectivity index (χ0v) is 18.2. The van der Waals surface area contributed by atoms with Crippen molar-refractivity contribution in [3.63, 3.8) is 0 Å². The smallest absolute Gasteiger partial charge is 0.253 e. The van der Waals surface area contributed by atoms with E-state index in [-0.39, 0.29) is 17.1 Å². The third-order valence-electron chi connectivity index (χ3n) is 6.39. The van der Waals surface area contributed by atoms with Crippen molar-refractivity contribution in [2.45, 2.75) is 44.1 Å². The molecule has 1 aliphatic carbocycles. The van der Waals surface area contributed by atoms with E-state index in [1.807, 2.05) is 35.2 Å². The number of hydrogen-bond acceptors (Lipinski definition) is 2. The normalized spacial score (nSPS) is 17.9. The van der Waals surface area contributed by atoms with Crippen molar-refractivity contribution < 1.29 is 9.18 Å². The molecule has 6 heteroatoms. The molecule has 1 aliphatic heterocycles. The summed E-state index contributed by atoms with van der Waals surface area (Å²) >= 11 is 0. The van der Waals surface area contributed by atoms with E-state index in [1.54, 1.807) is 19.2 Å². The Kier molecular flexibility index (Phi) is 6.54. The van der Waals surface area contributed by atoms with Gasteiger partial charge in [-0.3, -0.25) is 9.79 Å². The van der Waals surface area contributed by atoms with E-state index in [4.69, 9.17) is 0 Å². The van der Waals surface area contributed by atoms with Gasteiger partial charge in [0.15, 0.2) is 5.96 Å². The number of carbonyl (C=O) groups is 1. The summed E-state index contributed by atoms with van der Waals surface area (Å²) in [6, 6.07) is 14.7. The maximum absolute atomic E-state index is 13.6. The van der Waals surface area contributed by atoms with Gasteiger partial charge >= 0.3 is 0 Å². The summed E-state index contributed by atoms with van der Waals surface area (Å²) < 4.78 is 13.6. The first kappa shape index (κ1) is 21.3. The average molecular weight is 423 g/mol. The molecule has 0 atom stereocenters. The van der Waals surface area contributed by atoms with Gasteiger partial charge in [0.2, 0.25) is 0 Å². The Balaban J connectivity index is 1.32. The standard InChI is InChI=1S/C25H31FN4O/c1-27-24(29-18-25(11-12-25)21-9-6-10-22(26)16-21)28-17-19-7-5-8-20(15-19)23(31)30-13-3-2-4-14-30/h5-10,15-16H,2-4,11-14,17-18H2,1H3,(H2,27,28,29). The average Bonchev–Trinajstić information content (AvgIpc) is 3.61. The lowest BCUT2D eigenvalue weighted by Gasteiger charge is -2.26. The van der Waals surface area contributed by atoms with E-state index in [1.165, 1.54) is 12.5 Å². The molecular weight excluding hydrogens is 391 g/mol. The van der Waals surface area contributed by atoms with Crippen molar-refractivity contribution in [2.75, 3.05) is 26.7 Å². The summed E-state index contributed by atoms with van der Waals surface area (Å²) in [6.07, 6.45) is 5.47. The number of nitrogens with zero attached hydrogens (tertiary/aromatic N) is 2. The highest BCUT2D eigenvalue weighted by molar-refractivity contribution is 5.94. The van der Waals surface area contributed by atoms with E-state index >= 15 is 0 Å². The van der Waals surface area contributed by atoms with Gasteiger partial charge in [-0.2, -0.15) is 0 Å². The van der Waals surface area contributed by atoms with Crippen LogP contribution in [0, 0.1) is 5.82 Å². The Morgan fingerprint density at radius 2 is 1.84 bits per heavy atom. The molecule has 4 rings (SSSR count). The van der Waals surface area contributed by atoms with Gasteiger partial charge in [-0.05, 0) is 67.5 Å². The molecule has 0 unspecified atom stereocenters. The quantitative estimate of drug-likeness (QED) is 0.549. The van der Waals surface area contributed by atoms with Crippen LogP contribution in [0.25, 0.3) is 0 Å². The van der Waals surface area contributed by atoms with E-state index in [0.717, 1.165) is 55.5 Å². The number of aliphatic imine (C=N–C) groups is 1. The SMILES string of the molecule is CN=C(NCc1cccc(C(=O)N2CCCCC2)c1)NCC1(c2cccc(F)c2)CC1. The minimum Gasteiger partial charge on any atom is -0.356 e.